The number of carbonyl (C=O) groups excluding carboxylic acids is 1. The quantitative estimate of drug-likeness (QED) is 0.513. The Hall–Kier alpha value is -2.12. The summed E-state index contributed by atoms with van der Waals surface area (Å²) in [5.74, 6) is 1.81. The third-order valence-electron chi connectivity index (χ3n) is 8.03. The van der Waals surface area contributed by atoms with E-state index in [-0.39, 0.29) is 23.9 Å². The van der Waals surface area contributed by atoms with Gasteiger partial charge in [-0.3, -0.25) is 9.69 Å². The van der Waals surface area contributed by atoms with Crippen LogP contribution >= 0.6 is 0 Å². The topological polar surface area (TPSA) is 56.8 Å². The van der Waals surface area contributed by atoms with Gasteiger partial charge in [-0.05, 0) is 101 Å². The SMILES string of the molecule is Cc1cc(C2NC(CN3CCC(C(=O)NCCCN4CCC(C(C)C)CC4)CC3)=CO2)ccc1F. The molecule has 35 heavy (non-hydrogen) atoms. The molecule has 1 unspecified atom stereocenters. The highest BCUT2D eigenvalue weighted by Crippen LogP contribution is 2.26. The van der Waals surface area contributed by atoms with Gasteiger partial charge in [-0.1, -0.05) is 19.9 Å². The Bertz CT molecular complexity index is 874. The molecule has 6 nitrogen and oxygen atoms in total. The van der Waals surface area contributed by atoms with Gasteiger partial charge in [-0.25, -0.2) is 4.39 Å². The molecule has 0 radical (unpaired) electrons. The lowest BCUT2D eigenvalue weighted by Crippen LogP contribution is -2.42. The third kappa shape index (κ3) is 7.20. The molecule has 3 aliphatic rings. The molecule has 0 spiro atoms. The minimum absolute atomic E-state index is 0.116. The van der Waals surface area contributed by atoms with Crippen LogP contribution in [-0.4, -0.2) is 61.5 Å². The van der Waals surface area contributed by atoms with E-state index >= 15 is 0 Å². The largest absolute Gasteiger partial charge is 0.472 e. The maximum atomic E-state index is 13.5. The van der Waals surface area contributed by atoms with E-state index in [0.29, 0.717) is 5.56 Å². The molecule has 2 fully saturated rings. The number of aryl methyl sites for hydroxylation is 1. The highest BCUT2D eigenvalue weighted by atomic mass is 19.1. The number of nitrogens with one attached hydrogen (secondary N) is 2. The standard InChI is InChI=1S/C28H43FN4O2/c1-20(2)22-7-13-32(14-8-22)12-4-11-30-27(34)23-9-15-33(16-10-23)18-25-19-35-28(31-25)24-5-6-26(29)21(3)17-24/h5-6,17,19-20,22-23,28,31H,4,7-16,18H2,1-3H3,(H,30,34). The Morgan fingerprint density at radius 2 is 1.86 bits per heavy atom. The number of halogens is 1. The number of carbonyl (C=O) groups is 1. The van der Waals surface area contributed by atoms with Crippen LogP contribution in [0.1, 0.15) is 63.3 Å². The zero-order valence-electron chi connectivity index (χ0n) is 21.7. The summed E-state index contributed by atoms with van der Waals surface area (Å²) in [7, 11) is 0. The molecule has 3 aliphatic heterocycles. The molecule has 194 valence electrons. The first-order valence-electron chi connectivity index (χ1n) is 13.5. The molecule has 1 aromatic rings. The van der Waals surface area contributed by atoms with Gasteiger partial charge >= 0.3 is 0 Å². The zero-order valence-corrected chi connectivity index (χ0v) is 21.7. The summed E-state index contributed by atoms with van der Waals surface area (Å²) in [6.45, 7) is 13.3. The van der Waals surface area contributed by atoms with Crippen LogP contribution in [0.2, 0.25) is 0 Å². The molecular weight excluding hydrogens is 443 g/mol. The Morgan fingerprint density at radius 1 is 1.14 bits per heavy atom. The van der Waals surface area contributed by atoms with Gasteiger partial charge in [0.2, 0.25) is 5.91 Å². The monoisotopic (exact) mass is 486 g/mol. The smallest absolute Gasteiger partial charge is 0.223 e. The summed E-state index contributed by atoms with van der Waals surface area (Å²) in [4.78, 5) is 17.6. The molecule has 1 atom stereocenters. The molecule has 4 rings (SSSR count). The predicted octanol–water partition coefficient (Wildman–Crippen LogP) is 4.18. The first-order chi connectivity index (χ1) is 16.9. The Labute approximate surface area is 210 Å². The zero-order chi connectivity index (χ0) is 24.8. The van der Waals surface area contributed by atoms with Gasteiger partial charge in [0.1, 0.15) is 12.1 Å². The number of ether oxygens (including phenoxy) is 1. The van der Waals surface area contributed by atoms with Gasteiger partial charge < -0.3 is 20.3 Å². The maximum absolute atomic E-state index is 13.5. The van der Waals surface area contributed by atoms with Crippen LogP contribution in [0.15, 0.2) is 30.2 Å². The van der Waals surface area contributed by atoms with E-state index in [9.17, 15) is 9.18 Å². The Balaban J connectivity index is 1.09. The molecule has 2 N–H and O–H groups in total. The highest BCUT2D eigenvalue weighted by molar-refractivity contribution is 5.78. The van der Waals surface area contributed by atoms with E-state index in [0.717, 1.165) is 75.1 Å². The van der Waals surface area contributed by atoms with Crippen LogP contribution in [-0.2, 0) is 9.53 Å². The predicted molar refractivity (Wildman–Crippen MR) is 137 cm³/mol. The summed E-state index contributed by atoms with van der Waals surface area (Å²) in [5.41, 5.74) is 2.57. The third-order valence-corrected chi connectivity index (χ3v) is 8.03. The molecule has 2 saturated heterocycles. The van der Waals surface area contributed by atoms with Crippen LogP contribution in [0.4, 0.5) is 4.39 Å². The fourth-order valence-electron chi connectivity index (χ4n) is 5.56. The number of likely N-dealkylation sites (tertiary alicyclic amines) is 2. The van der Waals surface area contributed by atoms with Crippen LogP contribution in [0.3, 0.4) is 0 Å². The van der Waals surface area contributed by atoms with Crippen molar-refractivity contribution in [3.05, 3.63) is 47.1 Å². The minimum Gasteiger partial charge on any atom is -0.472 e. The van der Waals surface area contributed by atoms with Crippen molar-refractivity contribution in [2.45, 2.75) is 59.1 Å². The highest BCUT2D eigenvalue weighted by Gasteiger charge is 2.27. The average molecular weight is 487 g/mol. The van der Waals surface area contributed by atoms with E-state index < -0.39 is 0 Å². The molecule has 0 aromatic heterocycles. The second-order valence-corrected chi connectivity index (χ2v) is 10.9. The summed E-state index contributed by atoms with van der Waals surface area (Å²) >= 11 is 0. The van der Waals surface area contributed by atoms with E-state index in [4.69, 9.17) is 4.74 Å². The molecule has 0 bridgehead atoms. The molecule has 0 saturated carbocycles. The number of nitrogens with zero attached hydrogens (tertiary/aromatic N) is 2. The fraction of sp³-hybridized carbons (Fsp3) is 0.679. The van der Waals surface area contributed by atoms with Crippen LogP contribution in [0.25, 0.3) is 0 Å². The van der Waals surface area contributed by atoms with Crippen molar-refractivity contribution < 1.29 is 13.9 Å². The number of hydrogen-bond donors (Lipinski definition) is 2. The fourth-order valence-corrected chi connectivity index (χ4v) is 5.56. The van der Waals surface area contributed by atoms with Crippen molar-refractivity contribution in [1.29, 1.82) is 0 Å². The summed E-state index contributed by atoms with van der Waals surface area (Å²) < 4.78 is 19.3. The lowest BCUT2D eigenvalue weighted by atomic mass is 9.87. The van der Waals surface area contributed by atoms with E-state index in [1.165, 1.54) is 32.0 Å². The molecule has 0 aliphatic carbocycles. The van der Waals surface area contributed by atoms with Gasteiger partial charge in [-0.2, -0.15) is 0 Å². The summed E-state index contributed by atoms with van der Waals surface area (Å²) in [6, 6.07) is 5.07. The second-order valence-electron chi connectivity index (χ2n) is 10.9. The number of benzene rings is 1. The molecule has 7 heteroatoms. The lowest BCUT2D eigenvalue weighted by molar-refractivity contribution is -0.126. The van der Waals surface area contributed by atoms with E-state index in [1.807, 2.05) is 6.07 Å². The van der Waals surface area contributed by atoms with Crippen molar-refractivity contribution in [3.8, 4) is 0 Å². The van der Waals surface area contributed by atoms with Crippen molar-refractivity contribution in [2.75, 3.05) is 45.8 Å². The number of rotatable bonds is 9. The minimum atomic E-state index is -0.269. The second kappa shape index (κ2) is 12.2. The van der Waals surface area contributed by atoms with E-state index in [1.54, 1.807) is 19.3 Å². The van der Waals surface area contributed by atoms with Crippen LogP contribution in [0, 0.1) is 30.5 Å². The van der Waals surface area contributed by atoms with Crippen LogP contribution < -0.4 is 10.6 Å². The van der Waals surface area contributed by atoms with Gasteiger partial charge in [-0.15, -0.1) is 0 Å². The molecule has 1 amide bonds. The molecule has 1 aromatic carbocycles. The molecule has 3 heterocycles. The van der Waals surface area contributed by atoms with E-state index in [2.05, 4.69) is 34.3 Å². The maximum Gasteiger partial charge on any atom is 0.223 e. The van der Waals surface area contributed by atoms with Crippen molar-refractivity contribution in [3.63, 3.8) is 0 Å². The number of hydrogen-bond acceptors (Lipinski definition) is 5. The molecular formula is C28H43FN4O2. The first-order valence-corrected chi connectivity index (χ1v) is 13.5. The van der Waals surface area contributed by atoms with Gasteiger partial charge in [0.05, 0.1) is 5.70 Å². The number of piperidine rings is 2. The lowest BCUT2D eigenvalue weighted by Gasteiger charge is -2.34. The van der Waals surface area contributed by atoms with Gasteiger partial charge in [0.15, 0.2) is 6.23 Å². The normalized spacial score (nSPS) is 22.7. The summed E-state index contributed by atoms with van der Waals surface area (Å²) in [5, 5.41) is 6.58. The van der Waals surface area contributed by atoms with Crippen molar-refractivity contribution in [1.82, 2.24) is 20.4 Å². The van der Waals surface area contributed by atoms with Crippen molar-refractivity contribution >= 4 is 5.91 Å². The summed E-state index contributed by atoms with van der Waals surface area (Å²) in [6.07, 6.45) is 6.95. The van der Waals surface area contributed by atoms with Crippen LogP contribution in [0.5, 0.6) is 0 Å². The van der Waals surface area contributed by atoms with Gasteiger partial charge in [0.25, 0.3) is 0 Å². The first kappa shape index (κ1) is 26.0. The van der Waals surface area contributed by atoms with Crippen molar-refractivity contribution in [2.24, 2.45) is 17.8 Å². The number of amides is 1. The Morgan fingerprint density at radius 3 is 2.54 bits per heavy atom. The van der Waals surface area contributed by atoms with Gasteiger partial charge in [0, 0.05) is 24.6 Å². The Kier molecular flexibility index (Phi) is 9.06. The average Bonchev–Trinajstić information content (AvgIpc) is 3.32.